The van der Waals surface area contributed by atoms with E-state index in [1.807, 2.05) is 31.2 Å². The van der Waals surface area contributed by atoms with E-state index < -0.39 is 0 Å². The molecule has 32 heavy (non-hydrogen) atoms. The Morgan fingerprint density at radius 3 is 2.69 bits per heavy atom. The molecule has 1 aliphatic carbocycles. The zero-order valence-electron chi connectivity index (χ0n) is 19.2. The molecule has 0 bridgehead atoms. The molecule has 2 aromatic carbocycles. The van der Waals surface area contributed by atoms with E-state index in [1.54, 1.807) is 14.2 Å². The van der Waals surface area contributed by atoms with Gasteiger partial charge in [-0.15, -0.1) is 0 Å². The molecule has 3 atom stereocenters. The molecule has 1 heterocycles. The number of likely N-dealkylation sites (N-methyl/N-ethyl adjacent to an activating group) is 1. The van der Waals surface area contributed by atoms with Crippen molar-refractivity contribution in [1.29, 1.82) is 0 Å². The van der Waals surface area contributed by atoms with Crippen LogP contribution in [0, 0.1) is 6.92 Å². The molecule has 0 aromatic heterocycles. The second-order valence-electron chi connectivity index (χ2n) is 8.95. The summed E-state index contributed by atoms with van der Waals surface area (Å²) in [5, 5.41) is 6.80. The van der Waals surface area contributed by atoms with Crippen LogP contribution in [0.15, 0.2) is 36.4 Å². The SMILES string of the molecule is COc1ccc([C@@]23CC[C@@H](NC(=O)Nc4cccc(Cl)c4C)C[C@@H]2N(C)CC3)cc1OC. The zero-order chi connectivity index (χ0) is 22.9. The number of urea groups is 1. The highest BCUT2D eigenvalue weighted by Crippen LogP contribution is 2.49. The third-order valence-electron chi connectivity index (χ3n) is 7.34. The fourth-order valence-corrected chi connectivity index (χ4v) is 5.66. The first-order valence-electron chi connectivity index (χ1n) is 11.1. The number of nitrogens with zero attached hydrogens (tertiary/aromatic N) is 1. The summed E-state index contributed by atoms with van der Waals surface area (Å²) in [7, 11) is 5.53. The number of anilines is 1. The van der Waals surface area contributed by atoms with Crippen LogP contribution in [0.5, 0.6) is 11.5 Å². The van der Waals surface area contributed by atoms with Crippen molar-refractivity contribution in [2.45, 2.75) is 50.1 Å². The van der Waals surface area contributed by atoms with E-state index in [0.717, 1.165) is 55.0 Å². The highest BCUT2D eigenvalue weighted by atomic mass is 35.5. The van der Waals surface area contributed by atoms with E-state index in [9.17, 15) is 4.79 Å². The van der Waals surface area contributed by atoms with Crippen molar-refractivity contribution in [3.8, 4) is 11.5 Å². The summed E-state index contributed by atoms with van der Waals surface area (Å²) in [6.45, 7) is 2.95. The quantitative estimate of drug-likeness (QED) is 0.664. The number of rotatable bonds is 5. The molecule has 0 spiro atoms. The van der Waals surface area contributed by atoms with Crippen LogP contribution < -0.4 is 20.1 Å². The Hall–Kier alpha value is -2.44. The van der Waals surface area contributed by atoms with Crippen LogP contribution in [0.3, 0.4) is 0 Å². The minimum atomic E-state index is -0.181. The molecule has 2 amide bonds. The van der Waals surface area contributed by atoms with Gasteiger partial charge in [-0.3, -0.25) is 0 Å². The minimum Gasteiger partial charge on any atom is -0.493 e. The van der Waals surface area contributed by atoms with Crippen LogP contribution >= 0.6 is 11.6 Å². The first-order chi connectivity index (χ1) is 15.4. The summed E-state index contributed by atoms with van der Waals surface area (Å²) in [5.74, 6) is 1.52. The summed E-state index contributed by atoms with van der Waals surface area (Å²) in [5.41, 5.74) is 2.97. The monoisotopic (exact) mass is 457 g/mol. The van der Waals surface area contributed by atoms with Gasteiger partial charge in [0.1, 0.15) is 0 Å². The van der Waals surface area contributed by atoms with Crippen LogP contribution in [-0.4, -0.2) is 50.8 Å². The predicted octanol–water partition coefficient (Wildman–Crippen LogP) is 4.98. The molecular weight excluding hydrogens is 426 g/mol. The lowest BCUT2D eigenvalue weighted by atomic mass is 9.65. The molecule has 2 N–H and O–H groups in total. The number of hydrogen-bond acceptors (Lipinski definition) is 4. The van der Waals surface area contributed by atoms with Crippen molar-refractivity contribution < 1.29 is 14.3 Å². The molecule has 2 aromatic rings. The molecule has 2 fully saturated rings. The number of ether oxygens (including phenoxy) is 2. The van der Waals surface area contributed by atoms with E-state index in [4.69, 9.17) is 21.1 Å². The Bertz CT molecular complexity index is 998. The van der Waals surface area contributed by atoms with E-state index in [-0.39, 0.29) is 17.5 Å². The van der Waals surface area contributed by atoms with Gasteiger partial charge in [-0.25, -0.2) is 4.79 Å². The molecule has 7 heteroatoms. The first kappa shape index (κ1) is 22.7. The highest BCUT2D eigenvalue weighted by Gasteiger charge is 2.50. The number of benzene rings is 2. The second kappa shape index (κ2) is 9.20. The highest BCUT2D eigenvalue weighted by molar-refractivity contribution is 6.31. The van der Waals surface area contributed by atoms with Crippen molar-refractivity contribution in [3.63, 3.8) is 0 Å². The third kappa shape index (κ3) is 4.14. The van der Waals surface area contributed by atoms with Crippen LogP contribution in [0.25, 0.3) is 0 Å². The van der Waals surface area contributed by atoms with Gasteiger partial charge in [0.2, 0.25) is 0 Å². The van der Waals surface area contributed by atoms with Crippen LogP contribution in [-0.2, 0) is 5.41 Å². The van der Waals surface area contributed by atoms with E-state index in [1.165, 1.54) is 5.56 Å². The smallest absolute Gasteiger partial charge is 0.319 e. The number of amides is 2. The van der Waals surface area contributed by atoms with Crippen LogP contribution in [0.1, 0.15) is 36.8 Å². The van der Waals surface area contributed by atoms with Crippen molar-refractivity contribution in [1.82, 2.24) is 10.2 Å². The summed E-state index contributed by atoms with van der Waals surface area (Å²) in [6, 6.07) is 12.1. The van der Waals surface area contributed by atoms with Crippen molar-refractivity contribution in [2.24, 2.45) is 0 Å². The zero-order valence-corrected chi connectivity index (χ0v) is 20.0. The van der Waals surface area contributed by atoms with E-state index in [0.29, 0.717) is 11.1 Å². The maximum atomic E-state index is 12.7. The topological polar surface area (TPSA) is 62.8 Å². The summed E-state index contributed by atoms with van der Waals surface area (Å²) in [4.78, 5) is 15.1. The van der Waals surface area contributed by atoms with Crippen LogP contribution in [0.4, 0.5) is 10.5 Å². The maximum absolute atomic E-state index is 12.7. The minimum absolute atomic E-state index is 0.0620. The van der Waals surface area contributed by atoms with Gasteiger partial charge < -0.3 is 25.0 Å². The average Bonchev–Trinajstić information content (AvgIpc) is 3.13. The number of hydrogen-bond donors (Lipinski definition) is 2. The molecule has 4 rings (SSSR count). The molecule has 1 saturated heterocycles. The Balaban J connectivity index is 1.49. The Kier molecular flexibility index (Phi) is 6.54. The average molecular weight is 458 g/mol. The number of halogens is 1. The Morgan fingerprint density at radius 1 is 1.16 bits per heavy atom. The van der Waals surface area contributed by atoms with E-state index >= 15 is 0 Å². The van der Waals surface area contributed by atoms with Gasteiger partial charge in [0.25, 0.3) is 0 Å². The van der Waals surface area contributed by atoms with Gasteiger partial charge >= 0.3 is 6.03 Å². The molecule has 0 unspecified atom stereocenters. The normalized spacial score (nSPS) is 25.2. The lowest BCUT2D eigenvalue weighted by Gasteiger charge is -2.45. The third-order valence-corrected chi connectivity index (χ3v) is 7.75. The van der Waals surface area contributed by atoms with Gasteiger partial charge in [0.05, 0.1) is 14.2 Å². The van der Waals surface area contributed by atoms with Crippen LogP contribution in [0.2, 0.25) is 5.02 Å². The standard InChI is InChI=1S/C25H32ClN3O3/c1-16-19(26)6-5-7-20(16)28-24(30)27-18-10-11-25(12-13-29(2)23(25)15-18)17-8-9-21(31-3)22(14-17)32-4/h5-9,14,18,23H,10-13,15H2,1-4H3,(H2,27,28,30)/t18-,23+,25+/m1/s1. The Morgan fingerprint density at radius 2 is 1.94 bits per heavy atom. The van der Waals surface area contributed by atoms with Crippen molar-refractivity contribution in [2.75, 3.05) is 33.1 Å². The number of methoxy groups -OCH3 is 2. The first-order valence-corrected chi connectivity index (χ1v) is 11.5. The van der Waals surface area contributed by atoms with Gasteiger partial charge in [-0.1, -0.05) is 23.7 Å². The summed E-state index contributed by atoms with van der Waals surface area (Å²) in [6.07, 6.45) is 3.95. The molecule has 6 nitrogen and oxygen atoms in total. The fourth-order valence-electron chi connectivity index (χ4n) is 5.48. The summed E-state index contributed by atoms with van der Waals surface area (Å²) >= 11 is 6.19. The number of carbonyl (C=O) groups excluding carboxylic acids is 1. The lowest BCUT2D eigenvalue weighted by Crippen LogP contribution is -2.52. The maximum Gasteiger partial charge on any atom is 0.319 e. The number of fused-ring (bicyclic) bond motifs is 1. The molecule has 2 aliphatic rings. The largest absolute Gasteiger partial charge is 0.493 e. The lowest BCUT2D eigenvalue weighted by molar-refractivity contribution is 0.156. The van der Waals surface area contributed by atoms with Crippen molar-refractivity contribution in [3.05, 3.63) is 52.5 Å². The number of likely N-dealkylation sites (tertiary alicyclic amines) is 1. The van der Waals surface area contributed by atoms with Crippen molar-refractivity contribution >= 4 is 23.3 Å². The van der Waals surface area contributed by atoms with Gasteiger partial charge in [0, 0.05) is 28.2 Å². The second-order valence-corrected chi connectivity index (χ2v) is 9.36. The molecule has 1 saturated carbocycles. The van der Waals surface area contributed by atoms with Gasteiger partial charge in [0.15, 0.2) is 11.5 Å². The fraction of sp³-hybridized carbons (Fsp3) is 0.480. The summed E-state index contributed by atoms with van der Waals surface area (Å²) < 4.78 is 11.0. The molecule has 0 radical (unpaired) electrons. The predicted molar refractivity (Wildman–Crippen MR) is 128 cm³/mol. The molecular formula is C25H32ClN3O3. The molecule has 1 aliphatic heterocycles. The number of carbonyl (C=O) groups is 1. The number of nitrogens with one attached hydrogen (secondary N) is 2. The molecule has 172 valence electrons. The van der Waals surface area contributed by atoms with E-state index in [2.05, 4.69) is 34.7 Å². The van der Waals surface area contributed by atoms with Gasteiger partial charge in [-0.2, -0.15) is 0 Å². The Labute approximate surface area is 195 Å². The van der Waals surface area contributed by atoms with Gasteiger partial charge in [-0.05, 0) is 81.6 Å².